The van der Waals surface area contributed by atoms with Crippen LogP contribution in [0.2, 0.25) is 0 Å². The van der Waals surface area contributed by atoms with Gasteiger partial charge in [-0.25, -0.2) is 9.97 Å². The molecule has 0 bridgehead atoms. The van der Waals surface area contributed by atoms with Crippen LogP contribution in [-0.2, 0) is 13.1 Å². The van der Waals surface area contributed by atoms with E-state index in [0.717, 1.165) is 63.1 Å². The topological polar surface area (TPSA) is 101 Å². The summed E-state index contributed by atoms with van der Waals surface area (Å²) >= 11 is 0. The number of nitriles is 1. The van der Waals surface area contributed by atoms with Crippen LogP contribution in [0.25, 0.3) is 11.0 Å². The van der Waals surface area contributed by atoms with Crippen LogP contribution in [0.3, 0.4) is 0 Å². The van der Waals surface area contributed by atoms with E-state index in [1.54, 1.807) is 7.11 Å². The highest BCUT2D eigenvalue weighted by atomic mass is 16.5. The van der Waals surface area contributed by atoms with Gasteiger partial charge in [0.25, 0.3) is 5.91 Å². The number of imidazole rings is 1. The second-order valence-corrected chi connectivity index (χ2v) is 11.0. The maximum Gasteiger partial charge on any atom is 0.289 e. The molecule has 210 valence electrons. The fourth-order valence-electron chi connectivity index (χ4n) is 5.89. The number of hydrogen-bond acceptors (Lipinski definition) is 7. The van der Waals surface area contributed by atoms with E-state index in [2.05, 4.69) is 49.0 Å². The molecule has 2 aromatic carbocycles. The van der Waals surface area contributed by atoms with Gasteiger partial charge < -0.3 is 14.6 Å². The van der Waals surface area contributed by atoms with Crippen molar-refractivity contribution in [2.75, 3.05) is 46.4 Å². The fraction of sp³-hybridized carbons (Fsp3) is 0.375. The number of rotatable bonds is 7. The number of hydrogen-bond donors (Lipinski definition) is 1. The number of amides is 1. The molecule has 41 heavy (non-hydrogen) atoms. The number of aromatic amines is 1. The molecule has 2 aromatic heterocycles. The van der Waals surface area contributed by atoms with Gasteiger partial charge in [-0.1, -0.05) is 24.3 Å². The lowest BCUT2D eigenvalue weighted by Gasteiger charge is -2.34. The summed E-state index contributed by atoms with van der Waals surface area (Å²) < 4.78 is 5.16. The standard InChI is InChI=1S/C32H35N7O2/c1-41-30-9-6-25(20-34-30)22-37-12-10-26(11-13-37)27-7-8-28-29(18-27)36-31(35-28)32(40)39-16-14-38(15-17-39)21-24-4-2-23(19-33)3-5-24/h2-9,18,20,26H,10-17,21-22H2,1H3,(H,35,36). The number of fused-ring (bicyclic) bond motifs is 1. The minimum absolute atomic E-state index is 0.0397. The normalized spacial score (nSPS) is 17.0. The molecule has 2 saturated heterocycles. The van der Waals surface area contributed by atoms with Gasteiger partial charge in [0, 0.05) is 51.5 Å². The lowest BCUT2D eigenvalue weighted by atomic mass is 9.89. The van der Waals surface area contributed by atoms with Gasteiger partial charge in [0.2, 0.25) is 5.88 Å². The molecule has 1 N–H and O–H groups in total. The molecule has 0 saturated carbocycles. The third kappa shape index (κ3) is 6.24. The van der Waals surface area contributed by atoms with Crippen molar-refractivity contribution in [3.8, 4) is 11.9 Å². The fourth-order valence-corrected chi connectivity index (χ4v) is 5.89. The van der Waals surface area contributed by atoms with Crippen LogP contribution in [-0.4, -0.2) is 81.9 Å². The SMILES string of the molecule is COc1ccc(CN2CCC(c3ccc4nc(C(=O)N5CCN(Cc6ccc(C#N)cc6)CC5)[nH]c4c3)CC2)cn1. The van der Waals surface area contributed by atoms with Crippen molar-refractivity contribution in [3.63, 3.8) is 0 Å². The van der Waals surface area contributed by atoms with Gasteiger partial charge in [-0.15, -0.1) is 0 Å². The van der Waals surface area contributed by atoms with Gasteiger partial charge in [0.05, 0.1) is 29.8 Å². The summed E-state index contributed by atoms with van der Waals surface area (Å²) in [7, 11) is 1.63. The zero-order valence-electron chi connectivity index (χ0n) is 23.4. The second-order valence-electron chi connectivity index (χ2n) is 11.0. The molecule has 9 heteroatoms. The van der Waals surface area contributed by atoms with Crippen molar-refractivity contribution >= 4 is 16.9 Å². The molecule has 9 nitrogen and oxygen atoms in total. The van der Waals surface area contributed by atoms with E-state index in [-0.39, 0.29) is 5.91 Å². The maximum absolute atomic E-state index is 13.3. The Bertz CT molecular complexity index is 1530. The molecule has 0 radical (unpaired) electrons. The highest BCUT2D eigenvalue weighted by Gasteiger charge is 2.25. The zero-order valence-corrected chi connectivity index (χ0v) is 23.4. The average molecular weight is 550 g/mol. The maximum atomic E-state index is 13.3. The molecule has 0 aliphatic carbocycles. The van der Waals surface area contributed by atoms with Gasteiger partial charge in [0.1, 0.15) is 0 Å². The number of nitrogens with one attached hydrogen (secondary N) is 1. The summed E-state index contributed by atoms with van der Waals surface area (Å²) in [6.45, 7) is 6.76. The van der Waals surface area contributed by atoms with Gasteiger partial charge in [-0.2, -0.15) is 5.26 Å². The number of nitrogens with zero attached hydrogens (tertiary/aromatic N) is 6. The molecule has 2 fully saturated rings. The summed E-state index contributed by atoms with van der Waals surface area (Å²) in [5.41, 5.74) is 6.12. The number of carbonyl (C=O) groups excluding carboxylic acids is 1. The predicted octanol–water partition coefficient (Wildman–Crippen LogP) is 4.18. The van der Waals surface area contributed by atoms with E-state index in [4.69, 9.17) is 10.00 Å². The van der Waals surface area contributed by atoms with Crippen LogP contribution in [0, 0.1) is 11.3 Å². The molecule has 4 aromatic rings. The third-order valence-corrected chi connectivity index (χ3v) is 8.33. The molecular weight excluding hydrogens is 514 g/mol. The molecule has 6 rings (SSSR count). The monoisotopic (exact) mass is 549 g/mol. The van der Waals surface area contributed by atoms with Crippen molar-refractivity contribution in [1.82, 2.24) is 29.7 Å². The van der Waals surface area contributed by atoms with Crippen molar-refractivity contribution in [3.05, 3.63) is 88.9 Å². The van der Waals surface area contributed by atoms with Gasteiger partial charge in [-0.05, 0) is 72.8 Å². The number of pyridine rings is 1. The second kappa shape index (κ2) is 12.1. The summed E-state index contributed by atoms with van der Waals surface area (Å²) in [4.78, 5) is 32.3. The van der Waals surface area contributed by atoms with Crippen molar-refractivity contribution in [1.29, 1.82) is 5.26 Å². The predicted molar refractivity (Wildman–Crippen MR) is 156 cm³/mol. The minimum Gasteiger partial charge on any atom is -0.481 e. The van der Waals surface area contributed by atoms with E-state index in [9.17, 15) is 4.79 Å². The minimum atomic E-state index is -0.0397. The highest BCUT2D eigenvalue weighted by molar-refractivity contribution is 5.94. The highest BCUT2D eigenvalue weighted by Crippen LogP contribution is 2.30. The Kier molecular flexibility index (Phi) is 7.94. The molecule has 0 spiro atoms. The number of aromatic nitrogens is 3. The number of piperidine rings is 1. The third-order valence-electron chi connectivity index (χ3n) is 8.33. The Morgan fingerprint density at radius 2 is 1.66 bits per heavy atom. The van der Waals surface area contributed by atoms with Crippen molar-refractivity contribution in [2.45, 2.75) is 31.8 Å². The number of benzene rings is 2. The number of ether oxygens (including phenoxy) is 1. The smallest absolute Gasteiger partial charge is 0.289 e. The first-order valence-electron chi connectivity index (χ1n) is 14.3. The summed E-state index contributed by atoms with van der Waals surface area (Å²) in [6, 6.07) is 20.3. The van der Waals surface area contributed by atoms with E-state index in [0.29, 0.717) is 36.3 Å². The largest absolute Gasteiger partial charge is 0.481 e. The number of piperazine rings is 1. The Balaban J connectivity index is 1.02. The Hall–Kier alpha value is -4.26. The number of H-pyrrole nitrogens is 1. The Labute approximate surface area is 240 Å². The van der Waals surface area contributed by atoms with E-state index in [1.165, 1.54) is 16.7 Å². The Morgan fingerprint density at radius 1 is 0.951 bits per heavy atom. The average Bonchev–Trinajstić information content (AvgIpc) is 3.46. The number of likely N-dealkylation sites (tertiary alicyclic amines) is 1. The van der Waals surface area contributed by atoms with Crippen molar-refractivity contribution < 1.29 is 9.53 Å². The first-order valence-corrected chi connectivity index (χ1v) is 14.3. The zero-order chi connectivity index (χ0) is 28.2. The number of carbonyl (C=O) groups is 1. The van der Waals surface area contributed by atoms with Crippen LogP contribution < -0.4 is 4.74 Å². The van der Waals surface area contributed by atoms with Crippen molar-refractivity contribution in [2.24, 2.45) is 0 Å². The van der Waals surface area contributed by atoms with Crippen LogP contribution in [0.5, 0.6) is 5.88 Å². The summed E-state index contributed by atoms with van der Waals surface area (Å²) in [6.07, 6.45) is 4.09. The van der Waals surface area contributed by atoms with Gasteiger partial charge in [0.15, 0.2) is 5.82 Å². The van der Waals surface area contributed by atoms with Crippen LogP contribution in [0.1, 0.15) is 51.6 Å². The molecule has 4 heterocycles. The molecule has 0 unspecified atom stereocenters. The molecule has 2 aliphatic heterocycles. The number of methoxy groups -OCH3 is 1. The lowest BCUT2D eigenvalue weighted by Crippen LogP contribution is -2.48. The van der Waals surface area contributed by atoms with E-state index >= 15 is 0 Å². The van der Waals surface area contributed by atoms with Crippen LogP contribution in [0.4, 0.5) is 0 Å². The van der Waals surface area contributed by atoms with Gasteiger partial charge in [-0.3, -0.25) is 14.6 Å². The first kappa shape index (κ1) is 26.9. The van der Waals surface area contributed by atoms with E-state index in [1.807, 2.05) is 47.5 Å². The molecule has 2 aliphatic rings. The quantitative estimate of drug-likeness (QED) is 0.369. The summed E-state index contributed by atoms with van der Waals surface area (Å²) in [5.74, 6) is 1.52. The van der Waals surface area contributed by atoms with E-state index < -0.39 is 0 Å². The van der Waals surface area contributed by atoms with Gasteiger partial charge >= 0.3 is 0 Å². The van der Waals surface area contributed by atoms with Crippen LogP contribution >= 0.6 is 0 Å². The Morgan fingerprint density at radius 3 is 2.34 bits per heavy atom. The molecular formula is C32H35N7O2. The van der Waals surface area contributed by atoms with Crippen LogP contribution in [0.15, 0.2) is 60.8 Å². The summed E-state index contributed by atoms with van der Waals surface area (Å²) in [5, 5.41) is 9.00. The molecule has 0 atom stereocenters. The first-order chi connectivity index (χ1) is 20.1. The lowest BCUT2D eigenvalue weighted by molar-refractivity contribution is 0.0618. The molecule has 1 amide bonds.